The molecule has 8 nitrogen and oxygen atoms in total. The fourth-order valence-corrected chi connectivity index (χ4v) is 5.23. The Balaban J connectivity index is 1.60. The third-order valence-corrected chi connectivity index (χ3v) is 7.39. The van der Waals surface area contributed by atoms with Crippen LogP contribution in [-0.2, 0) is 14.6 Å². The van der Waals surface area contributed by atoms with Crippen LogP contribution in [0.25, 0.3) is 22.0 Å². The Labute approximate surface area is 203 Å². The van der Waals surface area contributed by atoms with Crippen LogP contribution in [0, 0.1) is 0 Å². The van der Waals surface area contributed by atoms with Gasteiger partial charge in [-0.25, -0.2) is 8.42 Å². The minimum absolute atomic E-state index is 0.104. The van der Waals surface area contributed by atoms with Crippen molar-refractivity contribution >= 4 is 43.9 Å². The molecular formula is C26H24N4O4S. The summed E-state index contributed by atoms with van der Waals surface area (Å²) < 4.78 is 23.7. The number of anilines is 2. The molecule has 5 rings (SSSR count). The zero-order valence-corrected chi connectivity index (χ0v) is 20.3. The SMILES string of the molecule is CC(=O)N1c2ccc(-c3ccc(S(C)(=O)=O)cc3)cc2N(C(=O)c2cc3cnccc3[nH]2)C[C@@H]1C. The number of fused-ring (bicyclic) bond motifs is 2. The first-order valence-corrected chi connectivity index (χ1v) is 13.0. The molecule has 1 aliphatic heterocycles. The Morgan fingerprint density at radius 2 is 1.71 bits per heavy atom. The van der Waals surface area contributed by atoms with Crippen LogP contribution in [0.2, 0.25) is 0 Å². The Morgan fingerprint density at radius 3 is 2.37 bits per heavy atom. The maximum atomic E-state index is 13.7. The lowest BCUT2D eigenvalue weighted by Gasteiger charge is -2.40. The zero-order chi connectivity index (χ0) is 24.9. The van der Waals surface area contributed by atoms with Gasteiger partial charge in [0.2, 0.25) is 5.91 Å². The van der Waals surface area contributed by atoms with Gasteiger partial charge in [0, 0.05) is 43.0 Å². The summed E-state index contributed by atoms with van der Waals surface area (Å²) in [5.41, 5.74) is 4.13. The Kier molecular flexibility index (Phi) is 5.44. The van der Waals surface area contributed by atoms with Gasteiger partial charge in [0.05, 0.1) is 22.3 Å². The summed E-state index contributed by atoms with van der Waals surface area (Å²) in [7, 11) is -3.31. The van der Waals surface area contributed by atoms with Crippen molar-refractivity contribution in [1.29, 1.82) is 0 Å². The summed E-state index contributed by atoms with van der Waals surface area (Å²) in [5, 5.41) is 0.839. The van der Waals surface area contributed by atoms with E-state index in [9.17, 15) is 18.0 Å². The molecule has 0 radical (unpaired) electrons. The van der Waals surface area contributed by atoms with Gasteiger partial charge in [-0.2, -0.15) is 0 Å². The first-order valence-electron chi connectivity index (χ1n) is 11.1. The maximum Gasteiger partial charge on any atom is 0.274 e. The molecule has 0 saturated carbocycles. The van der Waals surface area contributed by atoms with E-state index in [0.717, 1.165) is 22.0 Å². The average Bonchev–Trinajstić information content (AvgIpc) is 3.26. The van der Waals surface area contributed by atoms with Crippen molar-refractivity contribution in [1.82, 2.24) is 9.97 Å². The van der Waals surface area contributed by atoms with Crippen LogP contribution in [0.5, 0.6) is 0 Å². The number of aromatic nitrogens is 2. The van der Waals surface area contributed by atoms with E-state index in [1.165, 1.54) is 13.2 Å². The molecule has 2 aromatic carbocycles. The maximum absolute atomic E-state index is 13.7. The fraction of sp³-hybridized carbons (Fsp3) is 0.192. The predicted molar refractivity (Wildman–Crippen MR) is 135 cm³/mol. The Morgan fingerprint density at radius 1 is 1.00 bits per heavy atom. The highest BCUT2D eigenvalue weighted by Gasteiger charge is 2.34. The molecule has 0 unspecified atom stereocenters. The molecule has 0 saturated heterocycles. The lowest BCUT2D eigenvalue weighted by molar-refractivity contribution is -0.117. The zero-order valence-electron chi connectivity index (χ0n) is 19.5. The highest BCUT2D eigenvalue weighted by Crippen LogP contribution is 2.39. The smallest absolute Gasteiger partial charge is 0.274 e. The van der Waals surface area contributed by atoms with Gasteiger partial charge in [-0.05, 0) is 54.4 Å². The number of pyridine rings is 1. The van der Waals surface area contributed by atoms with Crippen LogP contribution in [0.15, 0.2) is 71.9 Å². The van der Waals surface area contributed by atoms with E-state index in [2.05, 4.69) is 9.97 Å². The van der Waals surface area contributed by atoms with Gasteiger partial charge in [0.15, 0.2) is 9.84 Å². The van der Waals surface area contributed by atoms with Crippen LogP contribution >= 0.6 is 0 Å². The van der Waals surface area contributed by atoms with Gasteiger partial charge < -0.3 is 14.8 Å². The fourth-order valence-electron chi connectivity index (χ4n) is 4.60. The molecule has 1 atom stereocenters. The highest BCUT2D eigenvalue weighted by atomic mass is 32.2. The number of hydrogen-bond acceptors (Lipinski definition) is 5. The van der Waals surface area contributed by atoms with Crippen LogP contribution in [0.3, 0.4) is 0 Å². The number of benzene rings is 2. The largest absolute Gasteiger partial charge is 0.350 e. The van der Waals surface area contributed by atoms with Gasteiger partial charge >= 0.3 is 0 Å². The molecule has 0 bridgehead atoms. The highest BCUT2D eigenvalue weighted by molar-refractivity contribution is 7.90. The van der Waals surface area contributed by atoms with Crippen LogP contribution in [-0.4, -0.2) is 49.0 Å². The lowest BCUT2D eigenvalue weighted by atomic mass is 10.0. The van der Waals surface area contributed by atoms with E-state index in [0.29, 0.717) is 23.6 Å². The summed E-state index contributed by atoms with van der Waals surface area (Å²) in [4.78, 5) is 37.0. The lowest BCUT2D eigenvalue weighted by Crippen LogP contribution is -2.51. The number of aromatic amines is 1. The quantitative estimate of drug-likeness (QED) is 0.469. The van der Waals surface area contributed by atoms with Crippen molar-refractivity contribution in [2.24, 2.45) is 0 Å². The molecule has 0 aliphatic carbocycles. The molecule has 4 aromatic rings. The number of carbonyl (C=O) groups excluding carboxylic acids is 2. The van der Waals surface area contributed by atoms with Crippen LogP contribution < -0.4 is 9.80 Å². The standard InChI is InChI=1S/C26H24N4O4S/c1-16-15-29(26(32)23-12-20-14-27-11-10-22(20)28-23)25-13-19(6-9-24(25)30(16)17(2)31)18-4-7-21(8-5-18)35(3,33)34/h4-14,16,28H,15H2,1-3H3/t16-/m0/s1. The molecule has 1 N–H and O–H groups in total. The molecule has 3 heterocycles. The third kappa shape index (κ3) is 4.08. The van der Waals surface area contributed by atoms with E-state index in [-0.39, 0.29) is 22.8 Å². The second-order valence-corrected chi connectivity index (χ2v) is 10.8. The van der Waals surface area contributed by atoms with E-state index >= 15 is 0 Å². The molecular weight excluding hydrogens is 464 g/mol. The second kappa shape index (κ2) is 8.35. The van der Waals surface area contributed by atoms with Crippen molar-refractivity contribution in [2.75, 3.05) is 22.6 Å². The van der Waals surface area contributed by atoms with Gasteiger partial charge in [0.1, 0.15) is 5.69 Å². The van der Waals surface area contributed by atoms with Crippen LogP contribution in [0.1, 0.15) is 24.3 Å². The summed E-state index contributed by atoms with van der Waals surface area (Å²) in [6.07, 6.45) is 4.53. The number of amides is 2. The Hall–Kier alpha value is -3.98. The van der Waals surface area contributed by atoms with E-state index in [4.69, 9.17) is 0 Å². The van der Waals surface area contributed by atoms with Gasteiger partial charge in [0.25, 0.3) is 5.91 Å². The van der Waals surface area contributed by atoms with Crippen molar-refractivity contribution in [3.63, 3.8) is 0 Å². The van der Waals surface area contributed by atoms with Gasteiger partial charge in [-0.3, -0.25) is 14.6 Å². The molecule has 9 heteroatoms. The summed E-state index contributed by atoms with van der Waals surface area (Å²) in [5.74, 6) is -0.310. The number of hydrogen-bond donors (Lipinski definition) is 1. The molecule has 178 valence electrons. The second-order valence-electron chi connectivity index (χ2n) is 8.80. The topological polar surface area (TPSA) is 103 Å². The summed E-state index contributed by atoms with van der Waals surface area (Å²) >= 11 is 0. The van der Waals surface area contributed by atoms with Gasteiger partial charge in [-0.1, -0.05) is 18.2 Å². The van der Waals surface area contributed by atoms with Crippen molar-refractivity contribution in [2.45, 2.75) is 24.8 Å². The van der Waals surface area contributed by atoms with E-state index < -0.39 is 9.84 Å². The number of sulfone groups is 1. The number of nitrogens with one attached hydrogen (secondary N) is 1. The molecule has 0 spiro atoms. The molecule has 1 aliphatic rings. The summed E-state index contributed by atoms with van der Waals surface area (Å²) in [6, 6.07) is 15.6. The van der Waals surface area contributed by atoms with E-state index in [1.807, 2.05) is 31.2 Å². The molecule has 0 fully saturated rings. The average molecular weight is 489 g/mol. The number of nitrogens with zero attached hydrogens (tertiary/aromatic N) is 3. The summed E-state index contributed by atoms with van der Waals surface area (Å²) in [6.45, 7) is 3.76. The normalized spacial score (nSPS) is 15.8. The van der Waals surface area contributed by atoms with Gasteiger partial charge in [-0.15, -0.1) is 0 Å². The van der Waals surface area contributed by atoms with Crippen molar-refractivity contribution in [3.05, 3.63) is 72.7 Å². The van der Waals surface area contributed by atoms with E-state index in [1.54, 1.807) is 52.5 Å². The third-order valence-electron chi connectivity index (χ3n) is 6.27. The monoisotopic (exact) mass is 488 g/mol. The minimum Gasteiger partial charge on any atom is -0.350 e. The first-order chi connectivity index (χ1) is 16.6. The minimum atomic E-state index is -3.31. The molecule has 2 aromatic heterocycles. The van der Waals surface area contributed by atoms with Crippen molar-refractivity contribution < 1.29 is 18.0 Å². The predicted octanol–water partition coefficient (Wildman–Crippen LogP) is 4.04. The Bertz CT molecular complexity index is 1540. The molecule has 2 amide bonds. The number of H-pyrrole nitrogens is 1. The number of carbonyl (C=O) groups is 2. The first kappa shape index (κ1) is 22.8. The number of rotatable bonds is 3. The van der Waals surface area contributed by atoms with Crippen molar-refractivity contribution in [3.8, 4) is 11.1 Å². The molecule has 35 heavy (non-hydrogen) atoms. The van der Waals surface area contributed by atoms with Crippen LogP contribution in [0.4, 0.5) is 11.4 Å².